The molecule has 1 aliphatic rings. The second-order valence-corrected chi connectivity index (χ2v) is 5.87. The molecule has 6 heteroatoms. The van der Waals surface area contributed by atoms with Crippen LogP contribution in [0.2, 0.25) is 0 Å². The molecule has 1 aliphatic heterocycles. The Bertz CT molecular complexity index is 678. The van der Waals surface area contributed by atoms with Crippen molar-refractivity contribution in [3.8, 4) is 11.6 Å². The third kappa shape index (κ3) is 4.44. The van der Waals surface area contributed by atoms with Gasteiger partial charge in [0.1, 0.15) is 18.2 Å². The molecule has 0 bridgehead atoms. The van der Waals surface area contributed by atoms with Crippen LogP contribution in [-0.4, -0.2) is 46.6 Å². The second-order valence-electron chi connectivity index (χ2n) is 5.87. The first kappa shape index (κ1) is 16.2. The van der Waals surface area contributed by atoms with E-state index in [9.17, 15) is 4.79 Å². The Morgan fingerprint density at radius 1 is 1.38 bits per heavy atom. The van der Waals surface area contributed by atoms with E-state index in [1.54, 1.807) is 17.2 Å². The highest BCUT2D eigenvalue weighted by molar-refractivity contribution is 5.77. The number of piperidine rings is 1. The number of aromatic nitrogens is 2. The van der Waals surface area contributed by atoms with Crippen molar-refractivity contribution in [3.05, 3.63) is 48.4 Å². The molecule has 2 heterocycles. The van der Waals surface area contributed by atoms with Crippen LogP contribution < -0.4 is 9.47 Å². The van der Waals surface area contributed by atoms with Crippen molar-refractivity contribution in [1.82, 2.24) is 14.9 Å². The molecule has 1 saturated heterocycles. The Hall–Kier alpha value is -2.63. The summed E-state index contributed by atoms with van der Waals surface area (Å²) in [6.45, 7) is 3.33. The van der Waals surface area contributed by atoms with Crippen molar-refractivity contribution < 1.29 is 14.3 Å². The number of hydrogen-bond acceptors (Lipinski definition) is 5. The molecular weight excluding hydrogens is 306 g/mol. The van der Waals surface area contributed by atoms with Crippen LogP contribution in [0.15, 0.2) is 42.9 Å². The molecule has 0 N–H and O–H groups in total. The third-order valence-corrected chi connectivity index (χ3v) is 3.92. The summed E-state index contributed by atoms with van der Waals surface area (Å²) in [5, 5.41) is 0. The van der Waals surface area contributed by atoms with Crippen molar-refractivity contribution in [2.75, 3.05) is 19.7 Å². The van der Waals surface area contributed by atoms with Crippen LogP contribution in [-0.2, 0) is 4.79 Å². The average molecular weight is 327 g/mol. The summed E-state index contributed by atoms with van der Waals surface area (Å²) in [5.74, 6) is 1.24. The molecule has 1 atom stereocenters. The summed E-state index contributed by atoms with van der Waals surface area (Å²) < 4.78 is 11.4. The van der Waals surface area contributed by atoms with E-state index >= 15 is 0 Å². The fourth-order valence-corrected chi connectivity index (χ4v) is 2.72. The lowest BCUT2D eigenvalue weighted by Gasteiger charge is -2.32. The zero-order chi connectivity index (χ0) is 16.8. The number of aryl methyl sites for hydroxylation is 1. The molecule has 1 aromatic heterocycles. The maximum absolute atomic E-state index is 12.4. The molecular formula is C18H21N3O3. The van der Waals surface area contributed by atoms with Crippen LogP contribution in [0.4, 0.5) is 0 Å². The number of likely N-dealkylation sites (tertiary alicyclic amines) is 1. The zero-order valence-electron chi connectivity index (χ0n) is 13.7. The van der Waals surface area contributed by atoms with Gasteiger partial charge in [0.15, 0.2) is 6.61 Å². The highest BCUT2D eigenvalue weighted by Crippen LogP contribution is 2.17. The highest BCUT2D eigenvalue weighted by Gasteiger charge is 2.25. The summed E-state index contributed by atoms with van der Waals surface area (Å²) in [6.07, 6.45) is 4.87. The number of carbonyl (C=O) groups is 1. The monoisotopic (exact) mass is 327 g/mol. The normalized spacial score (nSPS) is 17.4. The highest BCUT2D eigenvalue weighted by atomic mass is 16.5. The van der Waals surface area contributed by atoms with Gasteiger partial charge in [0.25, 0.3) is 5.91 Å². The van der Waals surface area contributed by atoms with E-state index in [0.29, 0.717) is 18.2 Å². The molecule has 0 saturated carbocycles. The van der Waals surface area contributed by atoms with Crippen molar-refractivity contribution >= 4 is 5.91 Å². The number of nitrogens with zero attached hydrogens (tertiary/aromatic N) is 3. The van der Waals surface area contributed by atoms with E-state index in [0.717, 1.165) is 24.9 Å². The quantitative estimate of drug-likeness (QED) is 0.842. The zero-order valence-corrected chi connectivity index (χ0v) is 13.7. The first-order chi connectivity index (χ1) is 11.7. The van der Waals surface area contributed by atoms with Crippen molar-refractivity contribution in [2.24, 2.45) is 0 Å². The first-order valence-electron chi connectivity index (χ1n) is 8.10. The molecule has 1 unspecified atom stereocenters. The molecule has 0 radical (unpaired) electrons. The minimum absolute atomic E-state index is 0.0208. The summed E-state index contributed by atoms with van der Waals surface area (Å²) >= 11 is 0. The van der Waals surface area contributed by atoms with Crippen molar-refractivity contribution in [3.63, 3.8) is 0 Å². The van der Waals surface area contributed by atoms with E-state index < -0.39 is 0 Å². The Kier molecular flexibility index (Phi) is 5.25. The Balaban J connectivity index is 1.51. The third-order valence-electron chi connectivity index (χ3n) is 3.92. The summed E-state index contributed by atoms with van der Waals surface area (Å²) in [4.78, 5) is 22.1. The molecule has 6 nitrogen and oxygen atoms in total. The predicted molar refractivity (Wildman–Crippen MR) is 88.9 cm³/mol. The minimum Gasteiger partial charge on any atom is -0.484 e. The maximum atomic E-state index is 12.4. The smallest absolute Gasteiger partial charge is 0.260 e. The number of ether oxygens (including phenoxy) is 2. The summed E-state index contributed by atoms with van der Waals surface area (Å²) in [7, 11) is 0. The maximum Gasteiger partial charge on any atom is 0.260 e. The van der Waals surface area contributed by atoms with Crippen LogP contribution >= 0.6 is 0 Å². The largest absolute Gasteiger partial charge is 0.484 e. The van der Waals surface area contributed by atoms with Gasteiger partial charge in [-0.2, -0.15) is 0 Å². The minimum atomic E-state index is -0.0448. The lowest BCUT2D eigenvalue weighted by atomic mass is 10.1. The van der Waals surface area contributed by atoms with Gasteiger partial charge in [0.2, 0.25) is 5.88 Å². The van der Waals surface area contributed by atoms with Crippen molar-refractivity contribution in [2.45, 2.75) is 25.9 Å². The van der Waals surface area contributed by atoms with Gasteiger partial charge in [-0.3, -0.25) is 4.79 Å². The van der Waals surface area contributed by atoms with Crippen molar-refractivity contribution in [1.29, 1.82) is 0 Å². The Morgan fingerprint density at radius 2 is 2.29 bits per heavy atom. The molecule has 2 aromatic rings. The van der Waals surface area contributed by atoms with Gasteiger partial charge in [0.05, 0.1) is 6.54 Å². The van der Waals surface area contributed by atoms with Gasteiger partial charge in [0, 0.05) is 18.8 Å². The van der Waals surface area contributed by atoms with Gasteiger partial charge >= 0.3 is 0 Å². The number of carbonyl (C=O) groups excluding carboxylic acids is 1. The fourth-order valence-electron chi connectivity index (χ4n) is 2.72. The van der Waals surface area contributed by atoms with Gasteiger partial charge in [-0.25, -0.2) is 9.97 Å². The van der Waals surface area contributed by atoms with E-state index in [4.69, 9.17) is 9.47 Å². The molecule has 1 aromatic carbocycles. The molecule has 24 heavy (non-hydrogen) atoms. The Labute approximate surface area is 141 Å². The molecule has 3 rings (SSSR count). The Morgan fingerprint density at radius 3 is 3.08 bits per heavy atom. The van der Waals surface area contributed by atoms with E-state index in [-0.39, 0.29) is 18.6 Å². The van der Waals surface area contributed by atoms with Crippen LogP contribution in [0, 0.1) is 6.92 Å². The van der Waals surface area contributed by atoms with Gasteiger partial charge < -0.3 is 14.4 Å². The van der Waals surface area contributed by atoms with Crippen LogP contribution in [0.5, 0.6) is 11.6 Å². The number of benzene rings is 1. The van der Waals surface area contributed by atoms with Gasteiger partial charge in [-0.05, 0) is 37.5 Å². The standard InChI is InChI=1S/C18H21N3O3/c1-14-4-2-5-15(10-14)23-12-18(22)21-9-3-6-16(11-21)24-17-7-8-19-13-20-17/h2,4-5,7-8,10,13,16H,3,6,9,11-12H2,1H3. The van der Waals surface area contributed by atoms with E-state index in [1.165, 1.54) is 6.33 Å². The second kappa shape index (κ2) is 7.77. The topological polar surface area (TPSA) is 64.5 Å². The molecule has 0 spiro atoms. The first-order valence-corrected chi connectivity index (χ1v) is 8.10. The molecule has 1 fully saturated rings. The number of hydrogen-bond donors (Lipinski definition) is 0. The number of amides is 1. The lowest BCUT2D eigenvalue weighted by molar-refractivity contribution is -0.136. The SMILES string of the molecule is Cc1cccc(OCC(=O)N2CCCC(Oc3ccncn3)C2)c1. The van der Waals surface area contributed by atoms with E-state index in [1.807, 2.05) is 31.2 Å². The van der Waals surface area contributed by atoms with Crippen LogP contribution in [0.25, 0.3) is 0 Å². The van der Waals surface area contributed by atoms with Crippen LogP contribution in [0.3, 0.4) is 0 Å². The summed E-state index contributed by atoms with van der Waals surface area (Å²) in [6, 6.07) is 9.42. The lowest BCUT2D eigenvalue weighted by Crippen LogP contribution is -2.46. The van der Waals surface area contributed by atoms with E-state index in [2.05, 4.69) is 9.97 Å². The molecule has 1 amide bonds. The predicted octanol–water partition coefficient (Wildman–Crippen LogP) is 2.23. The van der Waals surface area contributed by atoms with Gasteiger partial charge in [-0.15, -0.1) is 0 Å². The molecule has 126 valence electrons. The van der Waals surface area contributed by atoms with Crippen LogP contribution in [0.1, 0.15) is 18.4 Å². The average Bonchev–Trinajstić information content (AvgIpc) is 2.61. The van der Waals surface area contributed by atoms with Gasteiger partial charge in [-0.1, -0.05) is 12.1 Å². The molecule has 0 aliphatic carbocycles. The summed E-state index contributed by atoms with van der Waals surface area (Å²) in [5.41, 5.74) is 1.11. The fraction of sp³-hybridized carbons (Fsp3) is 0.389. The number of rotatable bonds is 5.